The molecule has 0 bridgehead atoms. The number of rotatable bonds is 7. The average molecular weight is 376 g/mol. The van der Waals surface area contributed by atoms with Crippen molar-refractivity contribution in [2.75, 3.05) is 26.7 Å². The van der Waals surface area contributed by atoms with Crippen molar-refractivity contribution in [1.82, 2.24) is 25.0 Å². The Bertz CT molecular complexity index is 851. The third kappa shape index (κ3) is 4.86. The van der Waals surface area contributed by atoms with Gasteiger partial charge in [-0.3, -0.25) is 9.67 Å². The summed E-state index contributed by atoms with van der Waals surface area (Å²) in [5, 5.41) is 8.56. The summed E-state index contributed by atoms with van der Waals surface area (Å²) in [6.45, 7) is 5.11. The van der Waals surface area contributed by atoms with Gasteiger partial charge in [-0.25, -0.2) is 0 Å². The van der Waals surface area contributed by atoms with E-state index in [1.54, 1.807) is 0 Å². The lowest BCUT2D eigenvalue weighted by Gasteiger charge is -2.29. The number of piperidine rings is 1. The smallest absolute Gasteiger partial charge is 0.0983 e. The van der Waals surface area contributed by atoms with Gasteiger partial charge in [0.1, 0.15) is 0 Å². The van der Waals surface area contributed by atoms with Crippen LogP contribution in [0.2, 0.25) is 0 Å². The molecule has 0 aliphatic carbocycles. The van der Waals surface area contributed by atoms with Crippen LogP contribution in [0.5, 0.6) is 0 Å². The van der Waals surface area contributed by atoms with Crippen LogP contribution in [0.15, 0.2) is 61.1 Å². The summed E-state index contributed by atoms with van der Waals surface area (Å²) in [6.07, 6.45) is 8.45. The molecule has 4 rings (SSSR count). The number of nitrogens with one attached hydrogen (secondary N) is 1. The van der Waals surface area contributed by atoms with Crippen LogP contribution in [-0.4, -0.2) is 46.3 Å². The highest BCUT2D eigenvalue weighted by molar-refractivity contribution is 5.61. The summed E-state index contributed by atoms with van der Waals surface area (Å²) >= 11 is 0. The number of benzene rings is 1. The molecule has 0 spiro atoms. The summed E-state index contributed by atoms with van der Waals surface area (Å²) < 4.78 is 2.05. The fourth-order valence-corrected chi connectivity index (χ4v) is 3.87. The molecule has 1 aromatic carbocycles. The molecule has 5 nitrogen and oxygen atoms in total. The highest BCUT2D eigenvalue weighted by Crippen LogP contribution is 2.22. The molecule has 28 heavy (non-hydrogen) atoms. The fraction of sp³-hybridized carbons (Fsp3) is 0.391. The second-order valence-electron chi connectivity index (χ2n) is 7.81. The Morgan fingerprint density at radius 1 is 1.07 bits per heavy atom. The molecule has 3 aromatic rings. The summed E-state index contributed by atoms with van der Waals surface area (Å²) in [4.78, 5) is 6.70. The number of hydrogen-bond acceptors (Lipinski definition) is 4. The van der Waals surface area contributed by atoms with Crippen molar-refractivity contribution in [2.45, 2.75) is 25.9 Å². The molecule has 1 N–H and O–H groups in total. The molecule has 0 atom stereocenters. The zero-order valence-electron chi connectivity index (χ0n) is 16.6. The first kappa shape index (κ1) is 18.8. The van der Waals surface area contributed by atoms with Gasteiger partial charge in [0.2, 0.25) is 0 Å². The lowest BCUT2D eigenvalue weighted by Crippen LogP contribution is -2.34. The largest absolute Gasteiger partial charge is 0.312 e. The fourth-order valence-electron chi connectivity index (χ4n) is 3.87. The Balaban J connectivity index is 1.46. The van der Waals surface area contributed by atoms with Gasteiger partial charge >= 0.3 is 0 Å². The van der Waals surface area contributed by atoms with Crippen molar-refractivity contribution < 1.29 is 0 Å². The van der Waals surface area contributed by atoms with Crippen LogP contribution in [0.25, 0.3) is 11.3 Å². The second-order valence-corrected chi connectivity index (χ2v) is 7.81. The molecule has 2 aromatic heterocycles. The van der Waals surface area contributed by atoms with Gasteiger partial charge in [-0.15, -0.1) is 0 Å². The third-order valence-electron chi connectivity index (χ3n) is 5.55. The van der Waals surface area contributed by atoms with Crippen molar-refractivity contribution in [3.8, 4) is 11.3 Å². The van der Waals surface area contributed by atoms with E-state index >= 15 is 0 Å². The molecule has 0 radical (unpaired) electrons. The van der Waals surface area contributed by atoms with Crippen molar-refractivity contribution in [3.05, 3.63) is 72.2 Å². The van der Waals surface area contributed by atoms with Crippen LogP contribution in [-0.2, 0) is 13.1 Å². The summed E-state index contributed by atoms with van der Waals surface area (Å²) in [5.74, 6) is 0.775. The van der Waals surface area contributed by atoms with Crippen LogP contribution in [0, 0.1) is 5.92 Å². The predicted molar refractivity (Wildman–Crippen MR) is 113 cm³/mol. The minimum absolute atomic E-state index is 0.775. The minimum Gasteiger partial charge on any atom is -0.312 e. The van der Waals surface area contributed by atoms with Crippen LogP contribution >= 0.6 is 0 Å². The van der Waals surface area contributed by atoms with Crippen molar-refractivity contribution in [1.29, 1.82) is 0 Å². The van der Waals surface area contributed by atoms with Gasteiger partial charge in [-0.2, -0.15) is 5.10 Å². The van der Waals surface area contributed by atoms with Crippen molar-refractivity contribution in [3.63, 3.8) is 0 Å². The van der Waals surface area contributed by atoms with Crippen LogP contribution in [0.1, 0.15) is 24.0 Å². The molecular weight excluding hydrogens is 346 g/mol. The van der Waals surface area contributed by atoms with Crippen LogP contribution in [0.3, 0.4) is 0 Å². The van der Waals surface area contributed by atoms with Crippen molar-refractivity contribution in [2.24, 2.45) is 5.92 Å². The first-order valence-electron chi connectivity index (χ1n) is 10.2. The highest BCUT2D eigenvalue weighted by atomic mass is 15.3. The van der Waals surface area contributed by atoms with Gasteiger partial charge in [0, 0.05) is 36.3 Å². The van der Waals surface area contributed by atoms with E-state index in [1.165, 1.54) is 37.1 Å². The normalized spacial score (nSPS) is 15.8. The lowest BCUT2D eigenvalue weighted by atomic mass is 9.97. The Morgan fingerprint density at radius 2 is 1.89 bits per heavy atom. The van der Waals surface area contributed by atoms with E-state index in [0.29, 0.717) is 0 Å². The maximum atomic E-state index is 4.88. The molecule has 0 amide bonds. The van der Waals surface area contributed by atoms with E-state index in [4.69, 9.17) is 5.10 Å². The second kappa shape index (κ2) is 9.13. The van der Waals surface area contributed by atoms with Gasteiger partial charge in [-0.1, -0.05) is 30.3 Å². The van der Waals surface area contributed by atoms with E-state index in [2.05, 4.69) is 58.8 Å². The molecule has 0 unspecified atom stereocenters. The number of aromatic nitrogens is 3. The molecule has 5 heteroatoms. The SMILES string of the molecule is CN1CCC(CNCc2cn(Cc3ccccc3)nc2-c2cccnc2)CC1. The number of likely N-dealkylation sites (tertiary alicyclic amines) is 1. The summed E-state index contributed by atoms with van der Waals surface area (Å²) in [5.41, 5.74) is 4.59. The first-order valence-corrected chi connectivity index (χ1v) is 10.2. The standard InChI is InChI=1S/C23H29N5/c1-27-12-9-19(10-13-27)14-25-16-22-18-28(17-20-6-3-2-4-7-20)26-23(22)21-8-5-11-24-15-21/h2-8,11,15,18-19,25H,9-10,12-14,16-17H2,1H3. The molecule has 0 saturated carbocycles. The molecule has 146 valence electrons. The Hall–Kier alpha value is -2.50. The van der Waals surface area contributed by atoms with E-state index in [9.17, 15) is 0 Å². The van der Waals surface area contributed by atoms with Gasteiger partial charge in [0.15, 0.2) is 0 Å². The molecular formula is C23H29N5. The van der Waals surface area contributed by atoms with E-state index in [0.717, 1.165) is 36.8 Å². The molecule has 1 saturated heterocycles. The number of nitrogens with zero attached hydrogens (tertiary/aromatic N) is 4. The van der Waals surface area contributed by atoms with Crippen LogP contribution < -0.4 is 5.32 Å². The molecule has 1 aliphatic heterocycles. The molecule has 3 heterocycles. The quantitative estimate of drug-likeness (QED) is 0.687. The van der Waals surface area contributed by atoms with E-state index < -0.39 is 0 Å². The first-order chi connectivity index (χ1) is 13.8. The Kier molecular flexibility index (Phi) is 6.14. The maximum absolute atomic E-state index is 4.88. The predicted octanol–water partition coefficient (Wildman–Crippen LogP) is 3.42. The zero-order valence-corrected chi connectivity index (χ0v) is 16.6. The minimum atomic E-state index is 0.775. The zero-order chi connectivity index (χ0) is 19.2. The Morgan fingerprint density at radius 3 is 2.64 bits per heavy atom. The molecule has 1 aliphatic rings. The number of hydrogen-bond donors (Lipinski definition) is 1. The monoisotopic (exact) mass is 375 g/mol. The van der Waals surface area contributed by atoms with Crippen LogP contribution in [0.4, 0.5) is 0 Å². The topological polar surface area (TPSA) is 46.0 Å². The lowest BCUT2D eigenvalue weighted by molar-refractivity contribution is 0.216. The van der Waals surface area contributed by atoms with E-state index in [1.807, 2.05) is 29.2 Å². The highest BCUT2D eigenvalue weighted by Gasteiger charge is 2.17. The van der Waals surface area contributed by atoms with Gasteiger partial charge < -0.3 is 10.2 Å². The summed E-state index contributed by atoms with van der Waals surface area (Å²) in [7, 11) is 2.21. The van der Waals surface area contributed by atoms with E-state index in [-0.39, 0.29) is 0 Å². The van der Waals surface area contributed by atoms with Gasteiger partial charge in [0.05, 0.1) is 12.2 Å². The van der Waals surface area contributed by atoms with Gasteiger partial charge in [-0.05, 0) is 63.1 Å². The third-order valence-corrected chi connectivity index (χ3v) is 5.55. The Labute approximate surface area is 167 Å². The summed E-state index contributed by atoms with van der Waals surface area (Å²) in [6, 6.07) is 14.5. The van der Waals surface area contributed by atoms with Crippen molar-refractivity contribution >= 4 is 0 Å². The van der Waals surface area contributed by atoms with Gasteiger partial charge in [0.25, 0.3) is 0 Å². The number of pyridine rings is 1. The molecule has 1 fully saturated rings. The maximum Gasteiger partial charge on any atom is 0.0983 e. The average Bonchev–Trinajstić information content (AvgIpc) is 3.13.